The largest absolute Gasteiger partial charge is 0.511 e. The van der Waals surface area contributed by atoms with Crippen LogP contribution in [0.15, 0.2) is 53.0 Å². The Morgan fingerprint density at radius 2 is 1.70 bits per heavy atom. The molecule has 0 aliphatic heterocycles. The molecule has 43 heavy (non-hydrogen) atoms. The Morgan fingerprint density at radius 1 is 1.02 bits per heavy atom. The number of carbonyl (C=O) groups is 3. The summed E-state index contributed by atoms with van der Waals surface area (Å²) in [4.78, 5) is 40.7. The fourth-order valence-electron chi connectivity index (χ4n) is 8.64. The van der Waals surface area contributed by atoms with Gasteiger partial charge in [0.05, 0.1) is 5.56 Å². The molecule has 7 heteroatoms. The number of rotatable bonds is 6. The van der Waals surface area contributed by atoms with E-state index in [4.69, 9.17) is 0 Å². The number of hydrogen-bond donors (Lipinski definition) is 4. The van der Waals surface area contributed by atoms with Gasteiger partial charge in [-0.15, -0.1) is 0 Å². The van der Waals surface area contributed by atoms with E-state index in [-0.39, 0.29) is 41.4 Å². The summed E-state index contributed by atoms with van der Waals surface area (Å²) in [5, 5.41) is 46.4. The van der Waals surface area contributed by atoms with Crippen LogP contribution in [0.3, 0.4) is 0 Å². The molecular weight excluding hydrogens is 544 g/mol. The molecule has 3 aliphatic carbocycles. The van der Waals surface area contributed by atoms with Crippen molar-refractivity contribution in [1.82, 2.24) is 0 Å². The van der Waals surface area contributed by atoms with Crippen molar-refractivity contribution in [2.45, 2.75) is 86.2 Å². The highest BCUT2D eigenvalue weighted by molar-refractivity contribution is 6.25. The second kappa shape index (κ2) is 10.2. The minimum Gasteiger partial charge on any atom is -0.511 e. The Labute approximate surface area is 253 Å². The van der Waals surface area contributed by atoms with Crippen molar-refractivity contribution in [2.24, 2.45) is 22.7 Å². The lowest BCUT2D eigenvalue weighted by molar-refractivity contribution is -0.171. The van der Waals surface area contributed by atoms with Crippen LogP contribution in [0, 0.1) is 22.7 Å². The van der Waals surface area contributed by atoms with Crippen molar-refractivity contribution in [1.29, 1.82) is 0 Å². The molecule has 0 bridgehead atoms. The number of phenols is 1. The second-order valence-corrected chi connectivity index (χ2v) is 13.5. The van der Waals surface area contributed by atoms with Crippen molar-refractivity contribution < 1.29 is 34.8 Å². The first-order valence-corrected chi connectivity index (χ1v) is 15.3. The molecule has 2 aromatic rings. The average Bonchev–Trinajstić information content (AvgIpc) is 2.91. The third kappa shape index (κ3) is 4.07. The summed E-state index contributed by atoms with van der Waals surface area (Å²) in [5.41, 5.74) is -0.943. The topological polar surface area (TPSA) is 132 Å². The van der Waals surface area contributed by atoms with Crippen LogP contribution in [-0.4, -0.2) is 43.4 Å². The smallest absolute Gasteiger partial charge is 0.209 e. The monoisotopic (exact) mass is 586 g/mol. The number of Topliss-reactive ketones (excluding diaryl/α,β-unsaturated/α-hetero) is 3. The van der Waals surface area contributed by atoms with Gasteiger partial charge in [0, 0.05) is 22.3 Å². The van der Waals surface area contributed by atoms with E-state index >= 15 is 0 Å². The van der Waals surface area contributed by atoms with Crippen molar-refractivity contribution >= 4 is 17.3 Å². The fourth-order valence-corrected chi connectivity index (χ4v) is 8.64. The second-order valence-electron chi connectivity index (χ2n) is 13.5. The van der Waals surface area contributed by atoms with E-state index in [1.165, 1.54) is 17.2 Å². The third-order valence-corrected chi connectivity index (χ3v) is 10.3. The van der Waals surface area contributed by atoms with Crippen molar-refractivity contribution in [3.63, 3.8) is 0 Å². The summed E-state index contributed by atoms with van der Waals surface area (Å²) >= 11 is 0. The summed E-state index contributed by atoms with van der Waals surface area (Å²) in [5.74, 6) is -5.12. The maximum atomic E-state index is 14.3. The van der Waals surface area contributed by atoms with Crippen LogP contribution < -0.4 is 0 Å². The molecule has 0 spiro atoms. The van der Waals surface area contributed by atoms with Gasteiger partial charge >= 0.3 is 0 Å². The van der Waals surface area contributed by atoms with E-state index in [0.29, 0.717) is 5.56 Å². The zero-order valence-corrected chi connectivity index (χ0v) is 26.1. The van der Waals surface area contributed by atoms with Gasteiger partial charge in [-0.3, -0.25) is 14.4 Å². The lowest BCUT2D eigenvalue weighted by Crippen LogP contribution is -2.67. The molecule has 0 saturated heterocycles. The lowest BCUT2D eigenvalue weighted by Gasteiger charge is -2.59. The number of aliphatic hydroxyl groups excluding tert-OH is 2. The van der Waals surface area contributed by atoms with E-state index in [1.807, 2.05) is 32.9 Å². The number of ketones is 3. The van der Waals surface area contributed by atoms with Gasteiger partial charge in [-0.1, -0.05) is 72.2 Å². The van der Waals surface area contributed by atoms with Crippen molar-refractivity contribution in [3.8, 4) is 16.9 Å². The standard InChI is InChI=1S/C36H42O7/c1-8-10-21-11-12-22(15-20(21)9-2)23-13-14-25(38)27-24(23)16-34(6)17-35(7)28(18(3)4)30(39)26(19(5)37)32(41)36(35,43)33(42)29(34)31(27)40/h11-15,18,28,38-39,42-43H,8-10,16-17H2,1-7H3/t28?,34-,35-,36+/m1/s1. The number of aliphatic hydroxyl groups is 3. The highest BCUT2D eigenvalue weighted by Gasteiger charge is 2.71. The minimum atomic E-state index is -2.62. The molecule has 4 N–H and O–H groups in total. The first kappa shape index (κ1) is 30.7. The molecule has 0 heterocycles. The van der Waals surface area contributed by atoms with Crippen molar-refractivity contribution in [3.05, 3.63) is 75.3 Å². The van der Waals surface area contributed by atoms with Crippen molar-refractivity contribution in [2.75, 3.05) is 0 Å². The van der Waals surface area contributed by atoms with Gasteiger partial charge in [0.15, 0.2) is 17.2 Å². The Morgan fingerprint density at radius 3 is 2.28 bits per heavy atom. The predicted octanol–water partition coefficient (Wildman–Crippen LogP) is 6.53. The highest BCUT2D eigenvalue weighted by Crippen LogP contribution is 2.65. The van der Waals surface area contributed by atoms with Crippen LogP contribution in [0.4, 0.5) is 0 Å². The van der Waals surface area contributed by atoms with Crippen LogP contribution in [0.2, 0.25) is 0 Å². The SMILES string of the molecule is CCCc1ccc(-c2ccc(O)c3c2C[C@]2(C)C[C@]4(C)C(C(C)C)C(O)=C(C(C)=O)C(=O)[C@]4(O)C(O)=C2C3=O)cc1CC. The molecule has 0 saturated carbocycles. The van der Waals surface area contributed by atoms with Crippen LogP contribution >= 0.6 is 0 Å². The van der Waals surface area contributed by atoms with Gasteiger partial charge in [0.25, 0.3) is 0 Å². The summed E-state index contributed by atoms with van der Waals surface area (Å²) in [7, 11) is 0. The van der Waals surface area contributed by atoms with E-state index in [1.54, 1.807) is 6.92 Å². The molecule has 2 aromatic carbocycles. The summed E-state index contributed by atoms with van der Waals surface area (Å²) in [6.45, 7) is 12.5. The van der Waals surface area contributed by atoms with E-state index in [9.17, 15) is 34.8 Å². The Hall–Kier alpha value is -3.71. The molecule has 228 valence electrons. The summed E-state index contributed by atoms with van der Waals surface area (Å²) < 4.78 is 0. The first-order valence-electron chi connectivity index (χ1n) is 15.3. The van der Waals surface area contributed by atoms with Gasteiger partial charge in [-0.25, -0.2) is 0 Å². The molecule has 0 amide bonds. The first-order chi connectivity index (χ1) is 20.1. The maximum absolute atomic E-state index is 14.3. The number of fused-ring (bicyclic) bond motifs is 3. The predicted molar refractivity (Wildman–Crippen MR) is 164 cm³/mol. The number of aryl methyl sites for hydroxylation is 2. The average molecular weight is 587 g/mol. The molecule has 0 radical (unpaired) electrons. The lowest BCUT2D eigenvalue weighted by atomic mass is 9.44. The fraction of sp³-hybridized carbons (Fsp3) is 0.472. The summed E-state index contributed by atoms with van der Waals surface area (Å²) in [6.07, 6.45) is 3.14. The normalized spacial score (nSPS) is 28.6. The Kier molecular flexibility index (Phi) is 7.28. The van der Waals surface area contributed by atoms with Gasteiger partial charge in [-0.05, 0) is 72.4 Å². The zero-order valence-electron chi connectivity index (χ0n) is 26.1. The van der Waals surface area contributed by atoms with Gasteiger partial charge < -0.3 is 20.4 Å². The number of allylic oxidation sites excluding steroid dienone is 2. The number of benzene rings is 2. The molecule has 0 aromatic heterocycles. The quantitative estimate of drug-likeness (QED) is 0.283. The number of carbonyl (C=O) groups excluding carboxylic acids is 3. The molecule has 7 nitrogen and oxygen atoms in total. The van der Waals surface area contributed by atoms with E-state index in [2.05, 4.69) is 26.0 Å². The zero-order chi connectivity index (χ0) is 31.8. The number of phenolic OH excluding ortho intramolecular Hbond substituents is 1. The molecular formula is C36H42O7. The van der Waals surface area contributed by atoms with Crippen LogP contribution in [0.1, 0.15) is 88.4 Å². The Balaban J connectivity index is 1.77. The van der Waals surface area contributed by atoms with Crippen LogP contribution in [0.5, 0.6) is 5.75 Å². The number of aromatic hydroxyl groups is 1. The molecule has 5 rings (SSSR count). The number of hydrogen-bond acceptors (Lipinski definition) is 7. The molecule has 4 atom stereocenters. The molecule has 3 aliphatic rings. The van der Waals surface area contributed by atoms with Crippen LogP contribution in [-0.2, 0) is 28.9 Å². The third-order valence-electron chi connectivity index (χ3n) is 10.3. The van der Waals surface area contributed by atoms with Crippen LogP contribution in [0.25, 0.3) is 11.1 Å². The maximum Gasteiger partial charge on any atom is 0.209 e. The summed E-state index contributed by atoms with van der Waals surface area (Å²) in [6, 6.07) is 9.56. The van der Waals surface area contributed by atoms with Gasteiger partial charge in [0.1, 0.15) is 22.8 Å². The molecule has 0 fully saturated rings. The van der Waals surface area contributed by atoms with Gasteiger partial charge in [0.2, 0.25) is 5.78 Å². The van der Waals surface area contributed by atoms with Gasteiger partial charge in [-0.2, -0.15) is 0 Å². The van der Waals surface area contributed by atoms with E-state index < -0.39 is 51.0 Å². The highest BCUT2D eigenvalue weighted by atomic mass is 16.3. The minimum absolute atomic E-state index is 0.0354. The van der Waals surface area contributed by atoms with E-state index in [0.717, 1.165) is 37.3 Å². The Bertz CT molecular complexity index is 1640. The molecule has 1 unspecified atom stereocenters.